The summed E-state index contributed by atoms with van der Waals surface area (Å²) in [6.45, 7) is 0. The van der Waals surface area contributed by atoms with Crippen molar-refractivity contribution in [3.8, 4) is 0 Å². The zero-order valence-electron chi connectivity index (χ0n) is 15.9. The molecule has 4 rings (SSSR count). The number of nitrogens with two attached hydrogens (primary N) is 2. The van der Waals surface area contributed by atoms with Crippen molar-refractivity contribution in [3.63, 3.8) is 0 Å². The number of rotatable bonds is 6. The second kappa shape index (κ2) is 9.53. The normalized spacial score (nSPS) is 13.7. The van der Waals surface area contributed by atoms with Gasteiger partial charge in [0.05, 0.1) is 0 Å². The molecule has 0 fully saturated rings. The molecule has 2 nitrogen and oxygen atoms in total. The summed E-state index contributed by atoms with van der Waals surface area (Å²) in [6, 6.07) is 24.8. The van der Waals surface area contributed by atoms with Crippen molar-refractivity contribution < 1.29 is 0 Å². The highest BCUT2D eigenvalue weighted by molar-refractivity contribution is 8.03. The van der Waals surface area contributed by atoms with Crippen LogP contribution < -0.4 is 11.5 Å². The summed E-state index contributed by atoms with van der Waals surface area (Å²) in [5, 5.41) is 0. The van der Waals surface area contributed by atoms with Crippen LogP contribution in [0.15, 0.2) is 114 Å². The fourth-order valence-corrected chi connectivity index (χ4v) is 5.50. The second-order valence-electron chi connectivity index (χ2n) is 6.68. The van der Waals surface area contributed by atoms with Crippen LogP contribution in [0.2, 0.25) is 0 Å². The van der Waals surface area contributed by atoms with E-state index in [0.717, 1.165) is 24.2 Å². The van der Waals surface area contributed by atoms with Gasteiger partial charge in [0.15, 0.2) is 0 Å². The van der Waals surface area contributed by atoms with E-state index in [1.807, 2.05) is 47.8 Å². The molecular weight excluding hydrogens is 412 g/mol. The predicted molar refractivity (Wildman–Crippen MR) is 129 cm³/mol. The first-order valence-electron chi connectivity index (χ1n) is 9.38. The smallest absolute Gasteiger partial charge is 0.0314 e. The molecule has 3 aromatic rings. The molecule has 0 saturated carbocycles. The van der Waals surface area contributed by atoms with E-state index in [-0.39, 0.29) is 0 Å². The van der Waals surface area contributed by atoms with Crippen LogP contribution in [0.5, 0.6) is 0 Å². The molecule has 0 atom stereocenters. The minimum absolute atomic E-state index is 0.797. The van der Waals surface area contributed by atoms with Gasteiger partial charge in [-0.05, 0) is 95.4 Å². The van der Waals surface area contributed by atoms with Crippen molar-refractivity contribution in [3.05, 3.63) is 94.8 Å². The van der Waals surface area contributed by atoms with Gasteiger partial charge in [-0.25, -0.2) is 0 Å². The van der Waals surface area contributed by atoms with Gasteiger partial charge in [0, 0.05) is 31.0 Å². The van der Waals surface area contributed by atoms with Gasteiger partial charge >= 0.3 is 0 Å². The van der Waals surface area contributed by atoms with E-state index in [1.165, 1.54) is 29.4 Å². The minimum Gasteiger partial charge on any atom is -0.399 e. The molecule has 0 bridgehead atoms. The van der Waals surface area contributed by atoms with Gasteiger partial charge in [0.1, 0.15) is 0 Å². The Kier molecular flexibility index (Phi) is 6.60. The highest BCUT2D eigenvalue weighted by Gasteiger charge is 2.10. The van der Waals surface area contributed by atoms with Crippen LogP contribution in [0.4, 0.5) is 11.4 Å². The molecule has 3 aromatic carbocycles. The molecule has 0 aliphatic heterocycles. The standard InChI is InChI=1S/C24H22N2S3/c25-17-1-5-19(6-2-17)27-21-9-13-23(14-10-21)29-24-15-11-22(12-16-24)28-20-7-3-18(26)4-8-20/h1-11,13-15H,12,16,25-26H2. The lowest BCUT2D eigenvalue weighted by atomic mass is 10.2. The van der Waals surface area contributed by atoms with E-state index >= 15 is 0 Å². The van der Waals surface area contributed by atoms with Crippen LogP contribution >= 0.6 is 35.3 Å². The van der Waals surface area contributed by atoms with E-state index in [1.54, 1.807) is 11.8 Å². The Morgan fingerprint density at radius 1 is 0.448 bits per heavy atom. The third-order valence-corrected chi connectivity index (χ3v) is 7.63. The van der Waals surface area contributed by atoms with Crippen molar-refractivity contribution in [1.29, 1.82) is 0 Å². The lowest BCUT2D eigenvalue weighted by Gasteiger charge is -2.14. The second-order valence-corrected chi connectivity index (χ2v) is 10.2. The SMILES string of the molecule is Nc1ccc(SC2=CC=C(Sc3ccc(Sc4ccc(N)cc4)cc3)CC2)cc1. The molecule has 0 heterocycles. The quantitative estimate of drug-likeness (QED) is 0.395. The average Bonchev–Trinajstić information content (AvgIpc) is 2.74. The Hall–Kier alpha value is -2.21. The van der Waals surface area contributed by atoms with E-state index in [9.17, 15) is 0 Å². The Labute approximate surface area is 184 Å². The van der Waals surface area contributed by atoms with Gasteiger partial charge in [0.2, 0.25) is 0 Å². The van der Waals surface area contributed by atoms with E-state index in [4.69, 9.17) is 11.5 Å². The fraction of sp³-hybridized carbons (Fsp3) is 0.0833. The topological polar surface area (TPSA) is 52.0 Å². The number of anilines is 2. The van der Waals surface area contributed by atoms with Gasteiger partial charge in [0.25, 0.3) is 0 Å². The fourth-order valence-electron chi connectivity index (χ4n) is 2.86. The molecule has 0 aromatic heterocycles. The van der Waals surface area contributed by atoms with E-state index < -0.39 is 0 Å². The number of benzene rings is 3. The molecule has 0 saturated heterocycles. The molecule has 0 radical (unpaired) electrons. The van der Waals surface area contributed by atoms with Crippen LogP contribution in [0.25, 0.3) is 0 Å². The van der Waals surface area contributed by atoms with Crippen LogP contribution in [-0.4, -0.2) is 0 Å². The Morgan fingerprint density at radius 3 is 1.10 bits per heavy atom. The highest BCUT2D eigenvalue weighted by Crippen LogP contribution is 2.39. The average molecular weight is 435 g/mol. The molecule has 0 unspecified atom stereocenters. The zero-order valence-corrected chi connectivity index (χ0v) is 18.3. The van der Waals surface area contributed by atoms with E-state index in [0.29, 0.717) is 0 Å². The molecule has 5 heteroatoms. The third-order valence-electron chi connectivity index (χ3n) is 4.39. The molecule has 146 valence electrons. The van der Waals surface area contributed by atoms with Gasteiger partial charge in [-0.3, -0.25) is 0 Å². The Morgan fingerprint density at radius 2 is 0.759 bits per heavy atom. The maximum Gasteiger partial charge on any atom is 0.0314 e. The van der Waals surface area contributed by atoms with Crippen molar-refractivity contribution in [1.82, 2.24) is 0 Å². The first kappa shape index (κ1) is 20.1. The molecule has 1 aliphatic rings. The number of hydrogen-bond donors (Lipinski definition) is 2. The van der Waals surface area contributed by atoms with E-state index in [2.05, 4.69) is 60.7 Å². The molecule has 0 amide bonds. The largest absolute Gasteiger partial charge is 0.399 e. The first-order chi connectivity index (χ1) is 14.1. The maximum atomic E-state index is 5.76. The lowest BCUT2D eigenvalue weighted by molar-refractivity contribution is 1.00. The summed E-state index contributed by atoms with van der Waals surface area (Å²) < 4.78 is 0. The monoisotopic (exact) mass is 434 g/mol. The zero-order chi connectivity index (χ0) is 20.1. The number of thioether (sulfide) groups is 2. The number of nitrogen functional groups attached to an aromatic ring is 2. The lowest BCUT2D eigenvalue weighted by Crippen LogP contribution is -1.89. The summed E-state index contributed by atoms with van der Waals surface area (Å²) in [5.74, 6) is 0. The summed E-state index contributed by atoms with van der Waals surface area (Å²) in [5.41, 5.74) is 13.1. The van der Waals surface area contributed by atoms with Crippen molar-refractivity contribution in [2.75, 3.05) is 11.5 Å². The van der Waals surface area contributed by atoms with Gasteiger partial charge in [-0.1, -0.05) is 47.4 Å². The highest BCUT2D eigenvalue weighted by atomic mass is 32.2. The molecule has 1 aliphatic carbocycles. The summed E-state index contributed by atoms with van der Waals surface area (Å²) in [7, 11) is 0. The summed E-state index contributed by atoms with van der Waals surface area (Å²) in [6.07, 6.45) is 6.67. The third kappa shape index (κ3) is 5.89. The Bertz CT molecular complexity index is 1020. The van der Waals surface area contributed by atoms with Crippen LogP contribution in [0, 0.1) is 0 Å². The minimum atomic E-state index is 0.797. The van der Waals surface area contributed by atoms with Crippen LogP contribution in [0.3, 0.4) is 0 Å². The molecule has 0 spiro atoms. The van der Waals surface area contributed by atoms with Gasteiger partial charge in [-0.2, -0.15) is 0 Å². The summed E-state index contributed by atoms with van der Waals surface area (Å²) >= 11 is 5.44. The van der Waals surface area contributed by atoms with Crippen molar-refractivity contribution >= 4 is 46.7 Å². The maximum absolute atomic E-state index is 5.76. The van der Waals surface area contributed by atoms with Crippen molar-refractivity contribution in [2.45, 2.75) is 32.4 Å². The number of allylic oxidation sites excluding steroid dienone is 4. The van der Waals surface area contributed by atoms with Gasteiger partial charge < -0.3 is 11.5 Å². The van der Waals surface area contributed by atoms with Crippen LogP contribution in [0.1, 0.15) is 12.8 Å². The first-order valence-corrected chi connectivity index (χ1v) is 11.8. The number of hydrogen-bond acceptors (Lipinski definition) is 5. The predicted octanol–water partition coefficient (Wildman–Crippen LogP) is 7.45. The molecular formula is C24H22N2S3. The Balaban J connectivity index is 1.34. The summed E-state index contributed by atoms with van der Waals surface area (Å²) in [4.78, 5) is 7.76. The molecule has 4 N–H and O–H groups in total. The van der Waals surface area contributed by atoms with Crippen molar-refractivity contribution in [2.24, 2.45) is 0 Å². The van der Waals surface area contributed by atoms with Gasteiger partial charge in [-0.15, -0.1) is 0 Å². The molecule has 29 heavy (non-hydrogen) atoms. The van der Waals surface area contributed by atoms with Crippen LogP contribution in [-0.2, 0) is 0 Å².